The summed E-state index contributed by atoms with van der Waals surface area (Å²) in [6, 6.07) is -0.672. The molecule has 4 atom stereocenters. The lowest BCUT2D eigenvalue weighted by atomic mass is 9.78. The van der Waals surface area contributed by atoms with Crippen LogP contribution in [0, 0.1) is 11.8 Å². The van der Waals surface area contributed by atoms with Crippen molar-refractivity contribution < 1.29 is 29.3 Å². The maximum absolute atomic E-state index is 11.8. The minimum atomic E-state index is -1.81. The van der Waals surface area contributed by atoms with E-state index in [1.54, 1.807) is 0 Å². The van der Waals surface area contributed by atoms with Crippen LogP contribution in [0.4, 0.5) is 4.79 Å². The number of aliphatic hydroxyl groups is 1. The molecule has 0 aliphatic carbocycles. The number of carboxylic acid groups (broad SMARTS) is 1. The third-order valence-corrected chi connectivity index (χ3v) is 3.13. The Kier molecular flexibility index (Phi) is 3.72. The van der Waals surface area contributed by atoms with Crippen LogP contribution in [0.15, 0.2) is 0 Å². The minimum absolute atomic E-state index is 0.392. The van der Waals surface area contributed by atoms with Crippen LogP contribution in [-0.2, 0) is 9.59 Å². The zero-order valence-electron chi connectivity index (χ0n) is 10.0. The van der Waals surface area contributed by atoms with Crippen LogP contribution in [-0.4, -0.2) is 45.0 Å². The first-order chi connectivity index (χ1) is 8.10. The number of β-lactam (4-membered cyclic amide) rings is 1. The Bertz CT molecular complexity index is 394. The fraction of sp³-hybridized carbons (Fsp3) is 0.667. The molecule has 1 fully saturated rings. The van der Waals surface area contributed by atoms with Crippen molar-refractivity contribution in [2.24, 2.45) is 23.5 Å². The number of imide groups is 1. The van der Waals surface area contributed by atoms with Crippen molar-refractivity contribution in [2.45, 2.75) is 26.0 Å². The Morgan fingerprint density at radius 3 is 2.22 bits per heavy atom. The van der Waals surface area contributed by atoms with E-state index >= 15 is 0 Å². The van der Waals surface area contributed by atoms with Crippen LogP contribution in [0.3, 0.4) is 0 Å². The molecule has 0 radical (unpaired) electrons. The highest BCUT2D eigenvalue weighted by Crippen LogP contribution is 2.26. The zero-order valence-corrected chi connectivity index (χ0v) is 10.0. The molecule has 18 heavy (non-hydrogen) atoms. The lowest BCUT2D eigenvalue weighted by Crippen LogP contribution is -2.73. The van der Waals surface area contributed by atoms with E-state index in [2.05, 4.69) is 5.32 Å². The second kappa shape index (κ2) is 4.61. The second-order valence-corrected chi connectivity index (χ2v) is 4.49. The highest BCUT2D eigenvalue weighted by Gasteiger charge is 2.53. The number of carbonyl (C=O) groups excluding carboxylic acids is 2. The lowest BCUT2D eigenvalue weighted by molar-refractivity contribution is -0.807. The molecular weight excluding hydrogens is 244 g/mol. The number of aliphatic hydroxyl groups excluding tert-OH is 1. The van der Waals surface area contributed by atoms with Gasteiger partial charge in [-0.05, 0) is 18.5 Å². The van der Waals surface area contributed by atoms with Crippen LogP contribution >= 0.6 is 0 Å². The van der Waals surface area contributed by atoms with Crippen molar-refractivity contribution in [1.29, 1.82) is 0 Å². The number of rotatable bonds is 3. The third kappa shape index (κ3) is 2.20. The topological polar surface area (TPSA) is 156 Å². The van der Waals surface area contributed by atoms with Crippen LogP contribution in [0.2, 0.25) is 0 Å². The molecule has 1 saturated heterocycles. The highest BCUT2D eigenvalue weighted by molar-refractivity contribution is 5.90. The number of carbonyl (C=O) groups is 3. The van der Waals surface area contributed by atoms with Crippen molar-refractivity contribution in [1.82, 2.24) is 5.32 Å². The summed E-state index contributed by atoms with van der Waals surface area (Å²) in [5.41, 5.74) is 0. The van der Waals surface area contributed by atoms with Crippen LogP contribution in [0.5, 0.6) is 0 Å². The largest absolute Gasteiger partial charge is 0.561 e. The number of hydrogen-bond acceptors (Lipinski definition) is 6. The van der Waals surface area contributed by atoms with Gasteiger partial charge in [0.1, 0.15) is 0 Å². The molecule has 1 rings (SSSR count). The van der Waals surface area contributed by atoms with Gasteiger partial charge >= 0.3 is 12.0 Å². The van der Waals surface area contributed by atoms with Crippen LogP contribution in [0.1, 0.15) is 13.8 Å². The predicted molar refractivity (Wildman–Crippen MR) is 57.9 cm³/mol. The van der Waals surface area contributed by atoms with E-state index in [-0.39, 0.29) is 0 Å². The first kappa shape index (κ1) is 14.5. The molecule has 0 saturated carbocycles. The molecule has 0 aromatic rings. The average molecular weight is 261 g/mol. The number of nitrogens with zero attached hydrogens (tertiary/aromatic N) is 1. The van der Waals surface area contributed by atoms with E-state index in [1.807, 2.05) is 0 Å². The third-order valence-electron chi connectivity index (χ3n) is 3.13. The van der Waals surface area contributed by atoms with E-state index < -0.39 is 46.6 Å². The second-order valence-electron chi connectivity index (χ2n) is 4.49. The standard InChI is InChI=1S/C9H16N4O5/c1-3(8(16)13(10,11)9(17)18)6-5(4(2)14)7(15)12-6/h3-6,14H,10-11H2,1-2H3,(H-,12,15,17,18)/p+1. The number of amides is 3. The summed E-state index contributed by atoms with van der Waals surface area (Å²) in [5.74, 6) is 7.30. The van der Waals surface area contributed by atoms with Gasteiger partial charge in [0.05, 0.1) is 24.0 Å². The fourth-order valence-corrected chi connectivity index (χ4v) is 1.96. The fourth-order valence-electron chi connectivity index (χ4n) is 1.96. The molecule has 9 nitrogen and oxygen atoms in total. The Balaban J connectivity index is 2.83. The van der Waals surface area contributed by atoms with E-state index in [1.165, 1.54) is 13.8 Å². The average Bonchev–Trinajstić information content (AvgIpc) is 2.22. The number of nitrogens with two attached hydrogens (primary N) is 2. The van der Waals surface area contributed by atoms with Crippen molar-refractivity contribution in [3.8, 4) is 0 Å². The van der Waals surface area contributed by atoms with Gasteiger partial charge in [-0.15, -0.1) is 11.7 Å². The van der Waals surface area contributed by atoms with Crippen LogP contribution in [0.25, 0.3) is 0 Å². The molecule has 0 spiro atoms. The summed E-state index contributed by atoms with van der Waals surface area (Å²) < 4.78 is -1.81. The molecule has 7 N–H and O–H groups in total. The minimum Gasteiger partial charge on any atom is -0.432 e. The molecule has 3 amide bonds. The van der Waals surface area contributed by atoms with Gasteiger partial charge in [-0.2, -0.15) is 4.79 Å². The van der Waals surface area contributed by atoms with Crippen molar-refractivity contribution in [2.75, 3.05) is 0 Å². The summed E-state index contributed by atoms with van der Waals surface area (Å²) in [4.78, 5) is 33.8. The molecule has 0 aromatic heterocycles. The Morgan fingerprint density at radius 2 is 1.89 bits per heavy atom. The van der Waals surface area contributed by atoms with E-state index in [0.29, 0.717) is 0 Å². The number of nitrogens with one attached hydrogen (secondary N) is 1. The van der Waals surface area contributed by atoms with Crippen molar-refractivity contribution in [3.63, 3.8) is 0 Å². The van der Waals surface area contributed by atoms with E-state index in [0.717, 1.165) is 0 Å². The summed E-state index contributed by atoms with van der Waals surface area (Å²) in [6.07, 6.45) is -2.65. The summed E-state index contributed by atoms with van der Waals surface area (Å²) >= 11 is 0. The summed E-state index contributed by atoms with van der Waals surface area (Å²) in [5, 5.41) is 20.6. The van der Waals surface area contributed by atoms with Gasteiger partial charge in [-0.1, -0.05) is 0 Å². The maximum atomic E-state index is 11.8. The molecule has 4 unspecified atom stereocenters. The van der Waals surface area contributed by atoms with Gasteiger partial charge in [-0.3, -0.25) is 4.79 Å². The highest BCUT2D eigenvalue weighted by atomic mass is 16.4. The van der Waals surface area contributed by atoms with Crippen molar-refractivity contribution >= 4 is 17.9 Å². The normalized spacial score (nSPS) is 26.8. The van der Waals surface area contributed by atoms with E-state index in [9.17, 15) is 19.5 Å². The maximum Gasteiger partial charge on any atom is 0.561 e. The van der Waals surface area contributed by atoms with Crippen molar-refractivity contribution in [3.05, 3.63) is 0 Å². The quantitative estimate of drug-likeness (QED) is 0.128. The Morgan fingerprint density at radius 1 is 1.39 bits per heavy atom. The predicted octanol–water partition coefficient (Wildman–Crippen LogP) is -2.11. The molecule has 0 aromatic carbocycles. The summed E-state index contributed by atoms with van der Waals surface area (Å²) in [6.45, 7) is 2.81. The van der Waals surface area contributed by atoms with Gasteiger partial charge in [-0.25, -0.2) is 4.79 Å². The molecule has 1 aliphatic rings. The monoisotopic (exact) mass is 261 g/mol. The van der Waals surface area contributed by atoms with Gasteiger partial charge < -0.3 is 15.5 Å². The smallest absolute Gasteiger partial charge is 0.432 e. The SMILES string of the molecule is CC(O)C1C(=O)NC1C(C)C(=O)[N+](N)(N)C(=O)O. The molecule has 1 heterocycles. The molecule has 102 valence electrons. The first-order valence-corrected chi connectivity index (χ1v) is 5.33. The van der Waals surface area contributed by atoms with Gasteiger partial charge in [0, 0.05) is 0 Å². The molecular formula is C9H17N4O5+. The first-order valence-electron chi connectivity index (χ1n) is 5.33. The number of hydrogen-bond donors (Lipinski definition) is 5. The van der Waals surface area contributed by atoms with Gasteiger partial charge in [0.25, 0.3) is 0 Å². The number of quaternary nitrogens is 1. The molecule has 9 heteroatoms. The lowest BCUT2D eigenvalue weighted by Gasteiger charge is -2.41. The summed E-state index contributed by atoms with van der Waals surface area (Å²) in [7, 11) is 0. The molecule has 0 bridgehead atoms. The van der Waals surface area contributed by atoms with Gasteiger partial charge in [0.2, 0.25) is 5.91 Å². The zero-order chi connectivity index (χ0) is 14.2. The Labute approximate surface area is 103 Å². The van der Waals surface area contributed by atoms with E-state index in [4.69, 9.17) is 16.8 Å². The van der Waals surface area contributed by atoms with Gasteiger partial charge in [0.15, 0.2) is 0 Å². The Hall–Kier alpha value is -1.55. The molecule has 1 aliphatic heterocycles. The van der Waals surface area contributed by atoms with Crippen LogP contribution < -0.4 is 17.0 Å².